The van der Waals surface area contributed by atoms with Crippen LogP contribution < -0.4 is 4.74 Å². The predicted molar refractivity (Wildman–Crippen MR) is 144 cm³/mol. The summed E-state index contributed by atoms with van der Waals surface area (Å²) < 4.78 is 28.8. The molecule has 0 radical (unpaired) electrons. The summed E-state index contributed by atoms with van der Waals surface area (Å²) in [7, 11) is 1.61. The minimum Gasteiger partial charge on any atom is -0.497 e. The van der Waals surface area contributed by atoms with Gasteiger partial charge in [0.15, 0.2) is 5.79 Å². The maximum Gasteiger partial charge on any atom is 0.168 e. The Morgan fingerprint density at radius 1 is 0.895 bits per heavy atom. The summed E-state index contributed by atoms with van der Waals surface area (Å²) in [6, 6.07) is 17.3. The number of ether oxygens (including phenoxy) is 5. The molecule has 38 heavy (non-hydrogen) atoms. The maximum absolute atomic E-state index is 11.1. The van der Waals surface area contributed by atoms with Gasteiger partial charge in [0.25, 0.3) is 0 Å². The monoisotopic (exact) mass is 532 g/mol. The number of benzene rings is 2. The van der Waals surface area contributed by atoms with Crippen molar-refractivity contribution in [2.24, 2.45) is 5.92 Å². The van der Waals surface area contributed by atoms with Gasteiger partial charge >= 0.3 is 0 Å². The van der Waals surface area contributed by atoms with Crippen LogP contribution in [0.1, 0.15) is 50.7 Å². The molecule has 0 bridgehead atoms. The molecule has 2 aromatic rings. The molecule has 1 heterocycles. The molecule has 1 saturated heterocycles. The van der Waals surface area contributed by atoms with E-state index in [-0.39, 0.29) is 19.1 Å². The highest BCUT2D eigenvalue weighted by molar-refractivity contribution is 5.26. The van der Waals surface area contributed by atoms with Crippen molar-refractivity contribution in [3.63, 3.8) is 0 Å². The van der Waals surface area contributed by atoms with Crippen molar-refractivity contribution in [2.45, 2.75) is 82.9 Å². The molecule has 0 aliphatic carbocycles. The Kier molecular flexibility index (Phi) is 12.5. The van der Waals surface area contributed by atoms with Crippen molar-refractivity contribution in [3.8, 4) is 5.75 Å². The van der Waals surface area contributed by atoms with Gasteiger partial charge in [0.1, 0.15) is 5.75 Å². The second kappa shape index (κ2) is 15.5. The van der Waals surface area contributed by atoms with Gasteiger partial charge in [-0.15, -0.1) is 0 Å². The van der Waals surface area contributed by atoms with E-state index in [0.29, 0.717) is 45.7 Å². The topological polar surface area (TPSA) is 107 Å². The van der Waals surface area contributed by atoms with Crippen molar-refractivity contribution in [3.05, 3.63) is 65.7 Å². The number of methoxy groups -OCH3 is 1. The van der Waals surface area contributed by atoms with Crippen LogP contribution in [0.4, 0.5) is 0 Å². The highest BCUT2D eigenvalue weighted by atomic mass is 16.7. The summed E-state index contributed by atoms with van der Waals surface area (Å²) in [6.07, 6.45) is -1.66. The van der Waals surface area contributed by atoms with Gasteiger partial charge in [-0.3, -0.25) is 0 Å². The Bertz CT molecular complexity index is 902. The van der Waals surface area contributed by atoms with Crippen molar-refractivity contribution >= 4 is 0 Å². The number of rotatable bonds is 17. The Balaban J connectivity index is 1.56. The average molecular weight is 533 g/mol. The molecule has 8 nitrogen and oxygen atoms in total. The van der Waals surface area contributed by atoms with Gasteiger partial charge in [0, 0.05) is 18.9 Å². The standard InChI is InChI=1S/C30H44O8/c1-4-30(5-2)37-20-25(38-30)17-28(32)29(33)26(21-36-19-23-11-13-24(34-3)14-12-23)27(31)15-16-35-18-22-9-7-6-8-10-22/h6-14,25-29,31-33H,4-5,15-21H2,1-3H3/t25-,26-,27-,28+,29-/m0/s1. The summed E-state index contributed by atoms with van der Waals surface area (Å²) in [6.45, 7) is 5.48. The zero-order chi connectivity index (χ0) is 27.4. The van der Waals surface area contributed by atoms with Gasteiger partial charge in [-0.25, -0.2) is 0 Å². The second-order valence-electron chi connectivity index (χ2n) is 9.88. The van der Waals surface area contributed by atoms with Gasteiger partial charge < -0.3 is 39.0 Å². The fourth-order valence-electron chi connectivity index (χ4n) is 4.70. The smallest absolute Gasteiger partial charge is 0.168 e. The van der Waals surface area contributed by atoms with Gasteiger partial charge in [-0.1, -0.05) is 56.3 Å². The lowest BCUT2D eigenvalue weighted by Crippen LogP contribution is -2.44. The third kappa shape index (κ3) is 9.02. The van der Waals surface area contributed by atoms with E-state index in [4.69, 9.17) is 23.7 Å². The van der Waals surface area contributed by atoms with Crippen LogP contribution in [0.25, 0.3) is 0 Å². The molecule has 1 fully saturated rings. The molecule has 5 atom stereocenters. The first-order valence-corrected chi connectivity index (χ1v) is 13.6. The normalized spacial score (nSPS) is 20.1. The Hall–Kier alpha value is -2.04. The molecular formula is C30H44O8. The molecule has 0 unspecified atom stereocenters. The molecule has 3 N–H and O–H groups in total. The molecule has 0 amide bonds. The number of aliphatic hydroxyl groups is 3. The fraction of sp³-hybridized carbons (Fsp3) is 0.600. The summed E-state index contributed by atoms with van der Waals surface area (Å²) in [4.78, 5) is 0. The number of aliphatic hydroxyl groups excluding tert-OH is 3. The molecule has 8 heteroatoms. The molecule has 0 aromatic heterocycles. The lowest BCUT2D eigenvalue weighted by Gasteiger charge is -2.31. The van der Waals surface area contributed by atoms with E-state index in [2.05, 4.69) is 0 Å². The van der Waals surface area contributed by atoms with Crippen LogP contribution >= 0.6 is 0 Å². The van der Waals surface area contributed by atoms with Gasteiger partial charge in [0.05, 0.1) is 58.0 Å². The van der Waals surface area contributed by atoms with Crippen LogP contribution in [0, 0.1) is 5.92 Å². The molecule has 2 aromatic carbocycles. The van der Waals surface area contributed by atoms with E-state index in [9.17, 15) is 15.3 Å². The van der Waals surface area contributed by atoms with E-state index < -0.39 is 30.0 Å². The van der Waals surface area contributed by atoms with Crippen molar-refractivity contribution < 1.29 is 39.0 Å². The minimum absolute atomic E-state index is 0.0694. The van der Waals surface area contributed by atoms with E-state index in [0.717, 1.165) is 16.9 Å². The van der Waals surface area contributed by atoms with Gasteiger partial charge in [-0.2, -0.15) is 0 Å². The van der Waals surface area contributed by atoms with Crippen LogP contribution in [-0.2, 0) is 32.2 Å². The fourth-order valence-corrected chi connectivity index (χ4v) is 4.70. The quantitative estimate of drug-likeness (QED) is 0.264. The maximum atomic E-state index is 11.1. The van der Waals surface area contributed by atoms with Crippen molar-refractivity contribution in [1.82, 2.24) is 0 Å². The minimum atomic E-state index is -1.21. The Morgan fingerprint density at radius 3 is 2.18 bits per heavy atom. The molecule has 0 saturated carbocycles. The van der Waals surface area contributed by atoms with Crippen molar-refractivity contribution in [2.75, 3.05) is 26.9 Å². The molecular weight excluding hydrogens is 488 g/mol. The van der Waals surface area contributed by atoms with E-state index in [1.54, 1.807) is 7.11 Å². The van der Waals surface area contributed by atoms with Crippen LogP contribution in [0.15, 0.2) is 54.6 Å². The lowest BCUT2D eigenvalue weighted by atomic mass is 9.89. The predicted octanol–water partition coefficient (Wildman–Crippen LogP) is 3.84. The van der Waals surface area contributed by atoms with Gasteiger partial charge in [0.2, 0.25) is 0 Å². The second-order valence-corrected chi connectivity index (χ2v) is 9.88. The highest BCUT2D eigenvalue weighted by Crippen LogP contribution is 2.32. The molecule has 1 aliphatic heterocycles. The zero-order valence-corrected chi connectivity index (χ0v) is 22.8. The van der Waals surface area contributed by atoms with Crippen molar-refractivity contribution in [1.29, 1.82) is 0 Å². The molecule has 3 rings (SSSR count). The zero-order valence-electron chi connectivity index (χ0n) is 22.8. The van der Waals surface area contributed by atoms with Gasteiger partial charge in [-0.05, 0) is 42.5 Å². The Morgan fingerprint density at radius 2 is 1.55 bits per heavy atom. The van der Waals surface area contributed by atoms with Crippen LogP contribution in [0.3, 0.4) is 0 Å². The summed E-state index contributed by atoms with van der Waals surface area (Å²) in [5.74, 6) is -0.594. The number of hydrogen-bond donors (Lipinski definition) is 3. The first-order valence-electron chi connectivity index (χ1n) is 13.6. The highest BCUT2D eigenvalue weighted by Gasteiger charge is 2.41. The van der Waals surface area contributed by atoms with E-state index >= 15 is 0 Å². The molecule has 0 spiro atoms. The summed E-state index contributed by atoms with van der Waals surface area (Å²) >= 11 is 0. The third-order valence-electron chi connectivity index (χ3n) is 7.23. The van der Waals surface area contributed by atoms with Crippen LogP contribution in [-0.4, -0.2) is 72.5 Å². The van der Waals surface area contributed by atoms with Crippen LogP contribution in [0.5, 0.6) is 5.75 Å². The number of hydrogen-bond acceptors (Lipinski definition) is 8. The Labute approximate surface area is 226 Å². The van der Waals surface area contributed by atoms with Crippen LogP contribution in [0.2, 0.25) is 0 Å². The summed E-state index contributed by atoms with van der Waals surface area (Å²) in [5.41, 5.74) is 1.98. The molecule has 1 aliphatic rings. The summed E-state index contributed by atoms with van der Waals surface area (Å²) in [5, 5.41) is 33.0. The largest absolute Gasteiger partial charge is 0.497 e. The lowest BCUT2D eigenvalue weighted by molar-refractivity contribution is -0.177. The third-order valence-corrected chi connectivity index (χ3v) is 7.23. The SMILES string of the molecule is CCC1(CC)OC[C@H](C[C@@H](O)[C@@H](O)[C@@H](COCc2ccc(OC)cc2)[C@@H](O)CCOCc2ccccc2)O1. The van der Waals surface area contributed by atoms with E-state index in [1.165, 1.54) is 0 Å². The first-order chi connectivity index (χ1) is 18.4. The molecule has 212 valence electrons. The van der Waals surface area contributed by atoms with E-state index in [1.807, 2.05) is 68.4 Å². The first kappa shape index (κ1) is 30.5. The average Bonchev–Trinajstić information content (AvgIpc) is 3.37.